The molecule has 0 radical (unpaired) electrons. The maximum Gasteiger partial charge on any atom is 0.0288 e. The molecule has 0 aliphatic heterocycles. The van der Waals surface area contributed by atoms with Crippen molar-refractivity contribution in [3.63, 3.8) is 0 Å². The van der Waals surface area contributed by atoms with Gasteiger partial charge in [0.15, 0.2) is 0 Å². The highest BCUT2D eigenvalue weighted by Gasteiger charge is 1.92. The summed E-state index contributed by atoms with van der Waals surface area (Å²) in [6.45, 7) is 3.88. The topological polar surface area (TPSA) is 17.1 Å². The van der Waals surface area contributed by atoms with Crippen LogP contribution in [0.4, 0.5) is 0 Å². The van der Waals surface area contributed by atoms with Gasteiger partial charge >= 0.3 is 0 Å². The molecule has 2 heteroatoms. The molecule has 6 heavy (non-hydrogen) atoms. The van der Waals surface area contributed by atoms with E-state index >= 15 is 0 Å². The third kappa shape index (κ3) is 2.39. The Bertz CT molecular complexity index is 58.6. The summed E-state index contributed by atoms with van der Waals surface area (Å²) in [6.07, 6.45) is 1.71. The lowest BCUT2D eigenvalue weighted by molar-refractivity contribution is 0.681. The lowest BCUT2D eigenvalue weighted by atomic mass is 10.6. The molecule has 0 heterocycles. The Balaban J connectivity index is 3.26. The molecule has 0 aromatic rings. The molecule has 0 saturated carbocycles. The first-order valence-electron chi connectivity index (χ1n) is 1.97. The average molecular weight is 106 g/mol. The first kappa shape index (κ1) is 6.15. The van der Waals surface area contributed by atoms with E-state index in [2.05, 4.69) is 0 Å². The zero-order chi connectivity index (χ0) is 5.15. The summed E-state index contributed by atoms with van der Waals surface area (Å²) in [5.41, 5.74) is 0. The summed E-state index contributed by atoms with van der Waals surface area (Å²) in [5, 5.41) is 0.324. The molecule has 0 saturated heterocycles. The van der Waals surface area contributed by atoms with Crippen LogP contribution in [0.1, 0.15) is 13.8 Å². The molecule has 0 rings (SSSR count). The van der Waals surface area contributed by atoms with Gasteiger partial charge < -0.3 is 0 Å². The molecular formula is C4H10OS. The van der Waals surface area contributed by atoms with Crippen molar-refractivity contribution in [2.24, 2.45) is 0 Å². The summed E-state index contributed by atoms with van der Waals surface area (Å²) in [4.78, 5) is 0. The highest BCUT2D eigenvalue weighted by Crippen LogP contribution is 1.85. The van der Waals surface area contributed by atoms with Gasteiger partial charge in [-0.2, -0.15) is 0 Å². The van der Waals surface area contributed by atoms with E-state index in [0.717, 1.165) is 0 Å². The van der Waals surface area contributed by atoms with Crippen LogP contribution in [-0.2, 0) is 10.8 Å². The Labute approximate surface area is 41.2 Å². The van der Waals surface area contributed by atoms with Gasteiger partial charge in [0, 0.05) is 22.3 Å². The summed E-state index contributed by atoms with van der Waals surface area (Å²) in [5.74, 6) is 0. The summed E-state index contributed by atoms with van der Waals surface area (Å²) in [7, 11) is -0.617. The molecule has 0 aliphatic rings. The predicted molar refractivity (Wildman–Crippen MR) is 29.2 cm³/mol. The first-order valence-corrected chi connectivity index (χ1v) is 3.59. The zero-order valence-electron chi connectivity index (χ0n) is 4.39. The van der Waals surface area contributed by atoms with E-state index in [0.29, 0.717) is 5.25 Å². The molecular weight excluding hydrogens is 96.1 g/mol. The predicted octanol–water partition coefficient (Wildman–Crippen LogP) is 0.773. The largest absolute Gasteiger partial charge is 0.260 e. The molecule has 38 valence electrons. The summed E-state index contributed by atoms with van der Waals surface area (Å²) in [6, 6.07) is 0. The number of hydrogen-bond acceptors (Lipinski definition) is 1. The number of rotatable bonds is 1. The van der Waals surface area contributed by atoms with Crippen LogP contribution in [0, 0.1) is 0 Å². The van der Waals surface area contributed by atoms with E-state index < -0.39 is 10.8 Å². The molecule has 0 aliphatic carbocycles. The van der Waals surface area contributed by atoms with E-state index in [9.17, 15) is 4.21 Å². The zero-order valence-corrected chi connectivity index (χ0v) is 5.21. The maximum atomic E-state index is 10.3. The Hall–Kier alpha value is 0.150. The van der Waals surface area contributed by atoms with Crippen molar-refractivity contribution in [3.8, 4) is 0 Å². The van der Waals surface area contributed by atoms with Gasteiger partial charge in [0.2, 0.25) is 0 Å². The van der Waals surface area contributed by atoms with Crippen molar-refractivity contribution < 1.29 is 4.21 Å². The second kappa shape index (κ2) is 2.35. The smallest absolute Gasteiger partial charge is 0.0288 e. The Morgan fingerprint density at radius 2 is 1.67 bits per heavy atom. The van der Waals surface area contributed by atoms with Crippen molar-refractivity contribution in [1.29, 1.82) is 0 Å². The fourth-order valence-corrected chi connectivity index (χ4v) is 0. The Morgan fingerprint density at radius 1 is 1.50 bits per heavy atom. The second-order valence-electron chi connectivity index (χ2n) is 1.55. The van der Waals surface area contributed by atoms with Crippen LogP contribution in [-0.4, -0.2) is 15.7 Å². The SMILES string of the molecule is CC(C)[S@@](C)=O. The highest BCUT2D eigenvalue weighted by molar-refractivity contribution is 7.84. The van der Waals surface area contributed by atoms with Crippen LogP contribution in [0.15, 0.2) is 0 Å². The van der Waals surface area contributed by atoms with E-state index in [1.165, 1.54) is 0 Å². The fraction of sp³-hybridized carbons (Fsp3) is 1.00. The molecule has 0 amide bonds. The van der Waals surface area contributed by atoms with Crippen LogP contribution in [0.5, 0.6) is 0 Å². The Morgan fingerprint density at radius 3 is 1.67 bits per heavy atom. The average Bonchev–Trinajstić information content (AvgIpc) is 1.36. The minimum Gasteiger partial charge on any atom is -0.260 e. The fourth-order valence-electron chi connectivity index (χ4n) is 0. The molecule has 0 aromatic carbocycles. The maximum absolute atomic E-state index is 10.3. The molecule has 0 fully saturated rings. The standard InChI is InChI=1S/C4H10OS/c1-4(2)6(3)5/h4H,1-3H3/t6-/m1/s1. The van der Waals surface area contributed by atoms with Crippen molar-refractivity contribution in [2.45, 2.75) is 19.1 Å². The number of hydrogen-bond donors (Lipinski definition) is 0. The quantitative estimate of drug-likeness (QED) is 0.482. The lowest BCUT2D eigenvalue weighted by Crippen LogP contribution is -2.00. The van der Waals surface area contributed by atoms with Crippen molar-refractivity contribution in [2.75, 3.05) is 6.26 Å². The van der Waals surface area contributed by atoms with Crippen LogP contribution in [0.25, 0.3) is 0 Å². The third-order valence-corrected chi connectivity index (χ3v) is 1.99. The Kier molecular flexibility index (Phi) is 2.40. The van der Waals surface area contributed by atoms with Crippen molar-refractivity contribution in [3.05, 3.63) is 0 Å². The molecule has 1 nitrogen and oxygen atoms in total. The summed E-state index contributed by atoms with van der Waals surface area (Å²) < 4.78 is 10.3. The van der Waals surface area contributed by atoms with Crippen LogP contribution in [0.2, 0.25) is 0 Å². The van der Waals surface area contributed by atoms with Crippen LogP contribution >= 0.6 is 0 Å². The molecule has 0 aromatic heterocycles. The minimum atomic E-state index is -0.617. The molecule has 0 bridgehead atoms. The normalized spacial score (nSPS) is 15.3. The van der Waals surface area contributed by atoms with E-state index in [4.69, 9.17) is 0 Å². The van der Waals surface area contributed by atoms with E-state index in [1.54, 1.807) is 6.26 Å². The highest BCUT2D eigenvalue weighted by atomic mass is 32.2. The van der Waals surface area contributed by atoms with E-state index in [1.807, 2.05) is 13.8 Å². The van der Waals surface area contributed by atoms with Gasteiger partial charge in [0.05, 0.1) is 0 Å². The molecule has 0 unspecified atom stereocenters. The van der Waals surface area contributed by atoms with Gasteiger partial charge in [-0.15, -0.1) is 0 Å². The third-order valence-electron chi connectivity index (χ3n) is 0.664. The monoisotopic (exact) mass is 106 g/mol. The van der Waals surface area contributed by atoms with Gasteiger partial charge in [0.1, 0.15) is 0 Å². The van der Waals surface area contributed by atoms with Gasteiger partial charge in [-0.1, -0.05) is 13.8 Å². The van der Waals surface area contributed by atoms with Gasteiger partial charge in [0.25, 0.3) is 0 Å². The van der Waals surface area contributed by atoms with Crippen LogP contribution < -0.4 is 0 Å². The van der Waals surface area contributed by atoms with Gasteiger partial charge in [-0.3, -0.25) is 4.21 Å². The molecule has 0 N–H and O–H groups in total. The summed E-state index contributed by atoms with van der Waals surface area (Å²) >= 11 is 0. The lowest BCUT2D eigenvalue weighted by Gasteiger charge is -1.92. The van der Waals surface area contributed by atoms with E-state index in [-0.39, 0.29) is 0 Å². The van der Waals surface area contributed by atoms with Crippen molar-refractivity contribution >= 4 is 10.8 Å². The molecule has 1 atom stereocenters. The minimum absolute atomic E-state index is 0.324. The second-order valence-corrected chi connectivity index (χ2v) is 3.49. The molecule has 0 spiro atoms. The van der Waals surface area contributed by atoms with Gasteiger partial charge in [-0.05, 0) is 0 Å². The van der Waals surface area contributed by atoms with Crippen molar-refractivity contribution in [1.82, 2.24) is 0 Å². The van der Waals surface area contributed by atoms with Crippen LogP contribution in [0.3, 0.4) is 0 Å². The van der Waals surface area contributed by atoms with Gasteiger partial charge in [-0.25, -0.2) is 0 Å². The first-order chi connectivity index (χ1) is 2.64.